The van der Waals surface area contributed by atoms with Gasteiger partial charge in [-0.2, -0.15) is 5.10 Å². The van der Waals surface area contributed by atoms with Gasteiger partial charge in [0, 0.05) is 23.7 Å². The Morgan fingerprint density at radius 2 is 1.54 bits per heavy atom. The Balaban J connectivity index is 1.45. The molecule has 2 aromatic heterocycles. The number of aromatic nitrogens is 3. The molecular formula is C30H24N4O2S. The lowest BCUT2D eigenvalue weighted by Crippen LogP contribution is -2.05. The van der Waals surface area contributed by atoms with E-state index in [0.29, 0.717) is 21.4 Å². The van der Waals surface area contributed by atoms with Crippen LogP contribution in [0.4, 0.5) is 5.69 Å². The fourth-order valence-corrected chi connectivity index (χ4v) is 4.87. The van der Waals surface area contributed by atoms with Crippen molar-refractivity contribution in [3.63, 3.8) is 0 Å². The van der Waals surface area contributed by atoms with Crippen molar-refractivity contribution in [2.45, 2.75) is 13.8 Å². The van der Waals surface area contributed by atoms with Gasteiger partial charge in [0.2, 0.25) is 11.0 Å². The van der Waals surface area contributed by atoms with Crippen molar-refractivity contribution in [2.24, 2.45) is 0 Å². The number of rotatable bonds is 7. The summed E-state index contributed by atoms with van der Waals surface area (Å²) in [4.78, 5) is 29.6. The Kier molecular flexibility index (Phi) is 6.87. The molecule has 0 saturated heterocycles. The van der Waals surface area contributed by atoms with Gasteiger partial charge in [0.15, 0.2) is 5.78 Å². The second-order valence-electron chi connectivity index (χ2n) is 8.47. The molecule has 0 aliphatic carbocycles. The Hall–Kier alpha value is -4.62. The van der Waals surface area contributed by atoms with E-state index in [1.54, 1.807) is 24.3 Å². The SMILES string of the molecule is CC(=O)Nc1ccc(/C=C\C(=O)c2sc(-n3nc(-c4ccccc4)cc3-c3ccccc3)nc2C)cc1. The predicted octanol–water partition coefficient (Wildman–Crippen LogP) is 6.83. The van der Waals surface area contributed by atoms with E-state index >= 15 is 0 Å². The van der Waals surface area contributed by atoms with Crippen LogP contribution < -0.4 is 5.32 Å². The Labute approximate surface area is 218 Å². The first-order valence-electron chi connectivity index (χ1n) is 11.8. The molecule has 0 bridgehead atoms. The van der Waals surface area contributed by atoms with Crippen LogP contribution >= 0.6 is 11.3 Å². The lowest BCUT2D eigenvalue weighted by Gasteiger charge is -2.03. The van der Waals surface area contributed by atoms with Crippen LogP contribution in [0, 0.1) is 6.92 Å². The summed E-state index contributed by atoms with van der Waals surface area (Å²) in [5, 5.41) is 8.23. The number of nitrogens with one attached hydrogen (secondary N) is 1. The van der Waals surface area contributed by atoms with Gasteiger partial charge < -0.3 is 5.32 Å². The fourth-order valence-electron chi connectivity index (χ4n) is 3.92. The number of thiazole rings is 1. The van der Waals surface area contributed by atoms with Crippen LogP contribution in [-0.4, -0.2) is 26.5 Å². The van der Waals surface area contributed by atoms with Gasteiger partial charge in [-0.3, -0.25) is 9.59 Å². The summed E-state index contributed by atoms with van der Waals surface area (Å²) in [5.41, 5.74) is 5.99. The number of carbonyl (C=O) groups excluding carboxylic acids is 2. The standard InChI is InChI=1S/C30H24N4O2S/c1-20-29(28(36)18-15-22-13-16-25(17-14-22)32-21(2)35)37-30(31-20)34-27(24-11-7-4-8-12-24)19-26(33-34)23-9-5-3-6-10-23/h3-19H,1-2H3,(H,32,35)/b18-15-. The number of nitrogens with zero attached hydrogens (tertiary/aromatic N) is 3. The largest absolute Gasteiger partial charge is 0.326 e. The van der Waals surface area contributed by atoms with E-state index in [2.05, 4.69) is 5.32 Å². The van der Waals surface area contributed by atoms with Crippen LogP contribution in [0.3, 0.4) is 0 Å². The third-order valence-corrected chi connectivity index (χ3v) is 6.84. The molecule has 0 saturated carbocycles. The second kappa shape index (κ2) is 10.6. The molecule has 5 aromatic rings. The van der Waals surface area contributed by atoms with Gasteiger partial charge in [-0.05, 0) is 36.8 Å². The summed E-state index contributed by atoms with van der Waals surface area (Å²) in [5.74, 6) is -0.248. The normalized spacial score (nSPS) is 11.1. The number of carbonyl (C=O) groups is 2. The third kappa shape index (κ3) is 5.47. The molecule has 0 aliphatic rings. The maximum atomic E-state index is 13.1. The predicted molar refractivity (Wildman–Crippen MR) is 149 cm³/mol. The summed E-state index contributed by atoms with van der Waals surface area (Å²) in [6.45, 7) is 3.31. The van der Waals surface area contributed by atoms with Crippen LogP contribution in [0.25, 0.3) is 33.7 Å². The van der Waals surface area contributed by atoms with Gasteiger partial charge in [0.25, 0.3) is 0 Å². The number of hydrogen-bond acceptors (Lipinski definition) is 5. The van der Waals surface area contributed by atoms with E-state index in [1.165, 1.54) is 18.3 Å². The van der Waals surface area contributed by atoms with E-state index in [0.717, 1.165) is 28.1 Å². The Morgan fingerprint density at radius 1 is 0.892 bits per heavy atom. The molecule has 37 heavy (non-hydrogen) atoms. The van der Waals surface area contributed by atoms with Crippen molar-refractivity contribution >= 4 is 34.8 Å². The highest BCUT2D eigenvalue weighted by molar-refractivity contribution is 7.16. The van der Waals surface area contributed by atoms with E-state index < -0.39 is 0 Å². The maximum Gasteiger partial charge on any atom is 0.221 e. The molecule has 6 nitrogen and oxygen atoms in total. The van der Waals surface area contributed by atoms with Crippen LogP contribution in [0.15, 0.2) is 97.1 Å². The first-order valence-corrected chi connectivity index (χ1v) is 12.6. The summed E-state index contributed by atoms with van der Waals surface area (Å²) in [7, 11) is 0. The van der Waals surface area contributed by atoms with Gasteiger partial charge in [-0.25, -0.2) is 9.67 Å². The highest BCUT2D eigenvalue weighted by atomic mass is 32.1. The molecular weight excluding hydrogens is 480 g/mol. The van der Waals surface area contributed by atoms with Crippen LogP contribution in [-0.2, 0) is 4.79 Å². The van der Waals surface area contributed by atoms with Crippen LogP contribution in [0.1, 0.15) is 27.9 Å². The molecule has 0 aliphatic heterocycles. The van der Waals surface area contributed by atoms with E-state index in [1.807, 2.05) is 90.5 Å². The number of ketones is 1. The molecule has 182 valence electrons. The van der Waals surface area contributed by atoms with E-state index in [-0.39, 0.29) is 11.7 Å². The molecule has 7 heteroatoms. The minimum atomic E-state index is -0.126. The smallest absolute Gasteiger partial charge is 0.221 e. The maximum absolute atomic E-state index is 13.1. The monoisotopic (exact) mass is 504 g/mol. The quantitative estimate of drug-likeness (QED) is 0.195. The zero-order chi connectivity index (χ0) is 25.8. The molecule has 0 unspecified atom stereocenters. The molecule has 2 heterocycles. The number of amides is 1. The first kappa shape index (κ1) is 24.1. The lowest BCUT2D eigenvalue weighted by molar-refractivity contribution is -0.114. The fraction of sp³-hybridized carbons (Fsp3) is 0.0667. The van der Waals surface area contributed by atoms with Crippen molar-refractivity contribution in [2.75, 3.05) is 5.32 Å². The van der Waals surface area contributed by atoms with E-state index in [9.17, 15) is 9.59 Å². The minimum absolute atomic E-state index is 0.121. The molecule has 5 rings (SSSR count). The minimum Gasteiger partial charge on any atom is -0.326 e. The lowest BCUT2D eigenvalue weighted by atomic mass is 10.1. The average molecular weight is 505 g/mol. The molecule has 0 atom stereocenters. The Bertz CT molecular complexity index is 1580. The molecule has 0 spiro atoms. The van der Waals surface area contributed by atoms with Crippen LogP contribution in [0.5, 0.6) is 0 Å². The summed E-state index contributed by atoms with van der Waals surface area (Å²) >= 11 is 1.32. The second-order valence-corrected chi connectivity index (χ2v) is 9.45. The van der Waals surface area contributed by atoms with Gasteiger partial charge in [0.05, 0.1) is 22.0 Å². The van der Waals surface area contributed by atoms with Gasteiger partial charge in [0.1, 0.15) is 0 Å². The molecule has 1 N–H and O–H groups in total. The topological polar surface area (TPSA) is 76.9 Å². The first-order chi connectivity index (χ1) is 18.0. The number of benzene rings is 3. The van der Waals surface area contributed by atoms with Gasteiger partial charge in [-0.15, -0.1) is 0 Å². The van der Waals surface area contributed by atoms with Crippen molar-refractivity contribution in [3.8, 4) is 27.6 Å². The van der Waals surface area contributed by atoms with Crippen molar-refractivity contribution in [3.05, 3.63) is 113 Å². The third-order valence-electron chi connectivity index (χ3n) is 5.70. The van der Waals surface area contributed by atoms with Gasteiger partial charge in [-0.1, -0.05) is 90.2 Å². The highest BCUT2D eigenvalue weighted by Crippen LogP contribution is 2.31. The highest BCUT2D eigenvalue weighted by Gasteiger charge is 2.19. The number of allylic oxidation sites excluding steroid dienone is 1. The zero-order valence-electron chi connectivity index (χ0n) is 20.4. The van der Waals surface area contributed by atoms with Crippen molar-refractivity contribution < 1.29 is 9.59 Å². The number of aryl methyl sites for hydroxylation is 1. The van der Waals surface area contributed by atoms with Crippen molar-refractivity contribution in [1.82, 2.24) is 14.8 Å². The average Bonchev–Trinajstić information content (AvgIpc) is 3.53. The van der Waals surface area contributed by atoms with Gasteiger partial charge >= 0.3 is 0 Å². The summed E-state index contributed by atoms with van der Waals surface area (Å²) in [6, 6.07) is 29.4. The molecule has 0 fully saturated rings. The molecule has 1 amide bonds. The number of hydrogen-bond donors (Lipinski definition) is 1. The summed E-state index contributed by atoms with van der Waals surface area (Å²) in [6.07, 6.45) is 3.31. The Morgan fingerprint density at radius 3 is 2.19 bits per heavy atom. The van der Waals surface area contributed by atoms with E-state index in [4.69, 9.17) is 10.1 Å². The number of anilines is 1. The molecule has 0 radical (unpaired) electrons. The van der Waals surface area contributed by atoms with Crippen LogP contribution in [0.2, 0.25) is 0 Å². The van der Waals surface area contributed by atoms with Crippen molar-refractivity contribution in [1.29, 1.82) is 0 Å². The molecule has 3 aromatic carbocycles. The summed E-state index contributed by atoms with van der Waals surface area (Å²) < 4.78 is 1.82. The zero-order valence-corrected chi connectivity index (χ0v) is 21.2.